The van der Waals surface area contributed by atoms with Crippen LogP contribution in [0, 0.1) is 5.92 Å². The van der Waals surface area contributed by atoms with Crippen molar-refractivity contribution in [2.24, 2.45) is 5.92 Å². The normalized spacial score (nSPS) is 21.2. The van der Waals surface area contributed by atoms with Crippen LogP contribution in [-0.2, 0) is 4.79 Å². The predicted octanol–water partition coefficient (Wildman–Crippen LogP) is 1.97. The second-order valence-electron chi connectivity index (χ2n) is 5.77. The highest BCUT2D eigenvalue weighted by Crippen LogP contribution is 2.17. The average molecular weight is 306 g/mol. The Balaban J connectivity index is 1.62. The van der Waals surface area contributed by atoms with Gasteiger partial charge in [-0.3, -0.25) is 4.79 Å². The number of nitrogens with one attached hydrogen (secondary N) is 2. The van der Waals surface area contributed by atoms with E-state index in [2.05, 4.69) is 17.6 Å². The number of piperidine rings is 1. The molecule has 1 aromatic rings. The van der Waals surface area contributed by atoms with Gasteiger partial charge in [-0.25, -0.2) is 0 Å². The van der Waals surface area contributed by atoms with Crippen molar-refractivity contribution < 1.29 is 14.3 Å². The smallest absolute Gasteiger partial charge is 0.220 e. The number of methoxy groups -OCH3 is 1. The van der Waals surface area contributed by atoms with E-state index in [4.69, 9.17) is 9.47 Å². The van der Waals surface area contributed by atoms with Crippen molar-refractivity contribution in [3.8, 4) is 11.5 Å². The van der Waals surface area contributed by atoms with E-state index < -0.39 is 0 Å². The summed E-state index contributed by atoms with van der Waals surface area (Å²) in [5, 5.41) is 6.43. The second kappa shape index (κ2) is 8.63. The number of hydrogen-bond acceptors (Lipinski definition) is 4. The largest absolute Gasteiger partial charge is 0.497 e. The summed E-state index contributed by atoms with van der Waals surface area (Å²) in [7, 11) is 1.64. The van der Waals surface area contributed by atoms with Gasteiger partial charge in [0.25, 0.3) is 0 Å². The van der Waals surface area contributed by atoms with E-state index in [1.54, 1.807) is 7.11 Å². The number of carbonyl (C=O) groups is 1. The van der Waals surface area contributed by atoms with E-state index in [1.165, 1.54) is 0 Å². The van der Waals surface area contributed by atoms with Crippen molar-refractivity contribution in [1.29, 1.82) is 0 Å². The Morgan fingerprint density at radius 3 is 2.73 bits per heavy atom. The van der Waals surface area contributed by atoms with Crippen LogP contribution in [0.5, 0.6) is 11.5 Å². The minimum Gasteiger partial charge on any atom is -0.497 e. The lowest BCUT2D eigenvalue weighted by molar-refractivity contribution is -0.122. The summed E-state index contributed by atoms with van der Waals surface area (Å²) in [5.41, 5.74) is 0. The fourth-order valence-corrected chi connectivity index (χ4v) is 2.56. The van der Waals surface area contributed by atoms with Gasteiger partial charge in [-0.2, -0.15) is 0 Å². The van der Waals surface area contributed by atoms with Crippen LogP contribution < -0.4 is 20.1 Å². The summed E-state index contributed by atoms with van der Waals surface area (Å²) in [6.45, 7) is 4.65. The maximum absolute atomic E-state index is 11.9. The van der Waals surface area contributed by atoms with E-state index in [-0.39, 0.29) is 11.9 Å². The third-order valence-electron chi connectivity index (χ3n) is 4.05. The number of carbonyl (C=O) groups excluding carboxylic acids is 1. The molecule has 0 bridgehead atoms. The highest BCUT2D eigenvalue weighted by molar-refractivity contribution is 5.76. The number of benzene rings is 1. The molecule has 1 fully saturated rings. The summed E-state index contributed by atoms with van der Waals surface area (Å²) in [5.74, 6) is 2.26. The van der Waals surface area contributed by atoms with Gasteiger partial charge in [-0.05, 0) is 49.6 Å². The van der Waals surface area contributed by atoms with Gasteiger partial charge in [-0.1, -0.05) is 6.92 Å². The molecule has 1 aliphatic heterocycles. The van der Waals surface area contributed by atoms with Gasteiger partial charge in [0, 0.05) is 19.0 Å². The first-order chi connectivity index (χ1) is 10.7. The zero-order chi connectivity index (χ0) is 15.8. The highest BCUT2D eigenvalue weighted by Gasteiger charge is 2.22. The molecule has 1 saturated heterocycles. The molecule has 2 atom stereocenters. The quantitative estimate of drug-likeness (QED) is 0.756. The van der Waals surface area contributed by atoms with Crippen LogP contribution in [0.3, 0.4) is 0 Å². The number of ether oxygens (including phenoxy) is 2. The molecule has 0 aromatic heterocycles. The molecule has 0 radical (unpaired) electrons. The van der Waals surface area contributed by atoms with Gasteiger partial charge in [0.1, 0.15) is 11.5 Å². The highest BCUT2D eigenvalue weighted by atomic mass is 16.5. The summed E-state index contributed by atoms with van der Waals surface area (Å²) in [4.78, 5) is 11.9. The molecule has 1 aliphatic rings. The van der Waals surface area contributed by atoms with Crippen LogP contribution >= 0.6 is 0 Å². The summed E-state index contributed by atoms with van der Waals surface area (Å²) in [6, 6.07) is 7.71. The van der Waals surface area contributed by atoms with E-state index in [0.717, 1.165) is 31.0 Å². The van der Waals surface area contributed by atoms with Gasteiger partial charge in [-0.15, -0.1) is 0 Å². The number of amides is 1. The Morgan fingerprint density at radius 2 is 2.05 bits per heavy atom. The standard InChI is InChI=1S/C17H26N2O3/c1-13-9-10-18-12-16(13)19-17(20)4-3-11-22-15-7-5-14(21-2)6-8-15/h5-8,13,16,18H,3-4,9-12H2,1-2H3,(H,19,20). The first-order valence-corrected chi connectivity index (χ1v) is 7.96. The molecule has 22 heavy (non-hydrogen) atoms. The molecule has 0 spiro atoms. The molecule has 5 heteroatoms. The third-order valence-corrected chi connectivity index (χ3v) is 4.05. The molecule has 5 nitrogen and oxygen atoms in total. The molecule has 0 aliphatic carbocycles. The Kier molecular flexibility index (Phi) is 6.52. The molecule has 1 heterocycles. The van der Waals surface area contributed by atoms with Crippen LogP contribution in [0.2, 0.25) is 0 Å². The molecular weight excluding hydrogens is 280 g/mol. The lowest BCUT2D eigenvalue weighted by atomic mass is 9.95. The average Bonchev–Trinajstić information content (AvgIpc) is 2.54. The van der Waals surface area contributed by atoms with Crippen molar-refractivity contribution in [2.75, 3.05) is 26.8 Å². The van der Waals surface area contributed by atoms with Crippen LogP contribution in [0.15, 0.2) is 24.3 Å². The molecule has 122 valence electrons. The second-order valence-corrected chi connectivity index (χ2v) is 5.77. The Bertz CT molecular complexity index is 461. The van der Waals surface area contributed by atoms with E-state index in [0.29, 0.717) is 25.4 Å². The Labute approximate surface area is 132 Å². The van der Waals surface area contributed by atoms with Crippen molar-refractivity contribution in [3.63, 3.8) is 0 Å². The molecule has 2 unspecified atom stereocenters. The molecule has 2 N–H and O–H groups in total. The van der Waals surface area contributed by atoms with Crippen LogP contribution in [0.4, 0.5) is 0 Å². The molecule has 1 aromatic carbocycles. The van der Waals surface area contributed by atoms with Gasteiger partial charge >= 0.3 is 0 Å². The van der Waals surface area contributed by atoms with E-state index >= 15 is 0 Å². The number of rotatable bonds is 7. The maximum Gasteiger partial charge on any atom is 0.220 e. The lowest BCUT2D eigenvalue weighted by Crippen LogP contribution is -2.50. The minimum absolute atomic E-state index is 0.110. The molecular formula is C17H26N2O3. The van der Waals surface area contributed by atoms with Gasteiger partial charge in [0.05, 0.1) is 13.7 Å². The fourth-order valence-electron chi connectivity index (χ4n) is 2.56. The lowest BCUT2D eigenvalue weighted by Gasteiger charge is -2.30. The maximum atomic E-state index is 11.9. The first kappa shape index (κ1) is 16.6. The predicted molar refractivity (Wildman–Crippen MR) is 86.3 cm³/mol. The molecule has 1 amide bonds. The van der Waals surface area contributed by atoms with E-state index in [9.17, 15) is 4.79 Å². The monoisotopic (exact) mass is 306 g/mol. The first-order valence-electron chi connectivity index (χ1n) is 7.96. The van der Waals surface area contributed by atoms with Crippen molar-refractivity contribution in [2.45, 2.75) is 32.2 Å². The van der Waals surface area contributed by atoms with Gasteiger partial charge in [0.2, 0.25) is 5.91 Å². The third kappa shape index (κ3) is 5.22. The zero-order valence-corrected chi connectivity index (χ0v) is 13.4. The summed E-state index contributed by atoms with van der Waals surface area (Å²) >= 11 is 0. The minimum atomic E-state index is 0.110. The van der Waals surface area contributed by atoms with Crippen LogP contribution in [0.25, 0.3) is 0 Å². The topological polar surface area (TPSA) is 59.6 Å². The van der Waals surface area contributed by atoms with Gasteiger partial charge < -0.3 is 20.1 Å². The van der Waals surface area contributed by atoms with Crippen molar-refractivity contribution >= 4 is 5.91 Å². The Hall–Kier alpha value is -1.75. The number of hydrogen-bond donors (Lipinski definition) is 2. The van der Waals surface area contributed by atoms with E-state index in [1.807, 2.05) is 24.3 Å². The fraction of sp³-hybridized carbons (Fsp3) is 0.588. The SMILES string of the molecule is COc1ccc(OCCCC(=O)NC2CNCCC2C)cc1. The summed E-state index contributed by atoms with van der Waals surface area (Å²) < 4.78 is 10.7. The van der Waals surface area contributed by atoms with Crippen molar-refractivity contribution in [1.82, 2.24) is 10.6 Å². The summed E-state index contributed by atoms with van der Waals surface area (Å²) in [6.07, 6.45) is 2.33. The van der Waals surface area contributed by atoms with Crippen LogP contribution in [-0.4, -0.2) is 38.8 Å². The van der Waals surface area contributed by atoms with Crippen LogP contribution in [0.1, 0.15) is 26.2 Å². The van der Waals surface area contributed by atoms with Gasteiger partial charge in [0.15, 0.2) is 0 Å². The zero-order valence-electron chi connectivity index (χ0n) is 13.4. The Morgan fingerprint density at radius 1 is 1.32 bits per heavy atom. The van der Waals surface area contributed by atoms with Crippen molar-refractivity contribution in [3.05, 3.63) is 24.3 Å². The molecule has 0 saturated carbocycles. The molecule has 2 rings (SSSR count).